The van der Waals surface area contributed by atoms with Crippen LogP contribution in [0.15, 0.2) is 5.38 Å². The molecule has 0 bridgehead atoms. The number of likely N-dealkylation sites (N-methyl/N-ethyl adjacent to an activating group) is 1. The smallest absolute Gasteiger partial charge is 0.158 e. The molecule has 0 aliphatic carbocycles. The summed E-state index contributed by atoms with van der Waals surface area (Å²) in [6.07, 6.45) is 2.60. The van der Waals surface area contributed by atoms with Crippen LogP contribution in [-0.2, 0) is 0 Å². The van der Waals surface area contributed by atoms with Crippen molar-refractivity contribution < 1.29 is 0 Å². The van der Waals surface area contributed by atoms with E-state index in [0.29, 0.717) is 5.92 Å². The third-order valence-electron chi connectivity index (χ3n) is 2.60. The average Bonchev–Trinajstić information content (AvgIpc) is 2.52. The number of likely N-dealkylation sites (tertiary alicyclic amines) is 1. The number of nitrogens with one attached hydrogen (secondary N) is 1. The lowest BCUT2D eigenvalue weighted by atomic mass is 9.96. The van der Waals surface area contributed by atoms with Gasteiger partial charge in [-0.3, -0.25) is 0 Å². The Morgan fingerprint density at radius 2 is 2.54 bits per heavy atom. The number of thiazole rings is 1. The van der Waals surface area contributed by atoms with Crippen LogP contribution in [0.25, 0.3) is 0 Å². The molecule has 1 N–H and O–H groups in total. The molecule has 2 rings (SSSR count). The predicted octanol–water partition coefficient (Wildman–Crippen LogP) is 2.61. The monoisotopic (exact) mass is 214 g/mol. The molecule has 1 unspecified atom stereocenters. The number of H-pyrrole nitrogens is 1. The van der Waals surface area contributed by atoms with Crippen LogP contribution >= 0.6 is 23.6 Å². The summed E-state index contributed by atoms with van der Waals surface area (Å²) < 4.78 is 0.906. The van der Waals surface area contributed by atoms with Crippen LogP contribution in [0.1, 0.15) is 24.5 Å². The molecule has 0 aromatic carbocycles. The zero-order chi connectivity index (χ0) is 9.26. The lowest BCUT2D eigenvalue weighted by molar-refractivity contribution is 0.249. The molecule has 2 nitrogen and oxygen atoms in total. The highest BCUT2D eigenvalue weighted by atomic mass is 32.1. The first-order valence-electron chi connectivity index (χ1n) is 4.62. The van der Waals surface area contributed by atoms with Crippen LogP contribution in [0.4, 0.5) is 0 Å². The number of aromatic nitrogens is 1. The van der Waals surface area contributed by atoms with Gasteiger partial charge in [-0.15, -0.1) is 11.3 Å². The maximum atomic E-state index is 5.08. The van der Waals surface area contributed by atoms with E-state index in [0.717, 1.165) is 3.95 Å². The fourth-order valence-electron chi connectivity index (χ4n) is 1.91. The Hall–Kier alpha value is -0.190. The normalized spacial score (nSPS) is 24.8. The van der Waals surface area contributed by atoms with Gasteiger partial charge in [-0.25, -0.2) is 0 Å². The molecule has 0 spiro atoms. The summed E-state index contributed by atoms with van der Waals surface area (Å²) in [6, 6.07) is 0. The molecule has 13 heavy (non-hydrogen) atoms. The maximum Gasteiger partial charge on any atom is 0.158 e. The molecule has 2 heterocycles. The van der Waals surface area contributed by atoms with Gasteiger partial charge in [0.15, 0.2) is 3.95 Å². The van der Waals surface area contributed by atoms with Gasteiger partial charge in [0.2, 0.25) is 0 Å². The van der Waals surface area contributed by atoms with Crippen LogP contribution in [0.5, 0.6) is 0 Å². The topological polar surface area (TPSA) is 19.0 Å². The predicted molar refractivity (Wildman–Crippen MR) is 59.0 cm³/mol. The standard InChI is InChI=1S/C9H14N2S2/c1-11-4-2-3-7(5-11)8-6-13-9(12)10-8/h6-7H,2-5H2,1H3,(H,10,12). The summed E-state index contributed by atoms with van der Waals surface area (Å²) in [5.74, 6) is 0.673. The minimum atomic E-state index is 0.673. The Labute approximate surface area is 87.6 Å². The Bertz CT molecular complexity index is 328. The second kappa shape index (κ2) is 3.90. The summed E-state index contributed by atoms with van der Waals surface area (Å²) in [7, 11) is 2.19. The molecule has 1 saturated heterocycles. The molecule has 0 amide bonds. The van der Waals surface area contributed by atoms with Gasteiger partial charge in [-0.05, 0) is 38.7 Å². The van der Waals surface area contributed by atoms with E-state index >= 15 is 0 Å². The number of hydrogen-bond acceptors (Lipinski definition) is 3. The van der Waals surface area contributed by atoms with E-state index in [1.165, 1.54) is 31.6 Å². The zero-order valence-electron chi connectivity index (χ0n) is 7.75. The Morgan fingerprint density at radius 3 is 3.15 bits per heavy atom. The molecule has 4 heteroatoms. The highest BCUT2D eigenvalue weighted by molar-refractivity contribution is 7.73. The van der Waals surface area contributed by atoms with Gasteiger partial charge in [-0.2, -0.15) is 0 Å². The van der Waals surface area contributed by atoms with Gasteiger partial charge in [0.05, 0.1) is 0 Å². The van der Waals surface area contributed by atoms with Gasteiger partial charge < -0.3 is 9.88 Å². The molecule has 1 fully saturated rings. The van der Waals surface area contributed by atoms with Gasteiger partial charge in [0.25, 0.3) is 0 Å². The van der Waals surface area contributed by atoms with Gasteiger partial charge >= 0.3 is 0 Å². The minimum absolute atomic E-state index is 0.673. The first-order chi connectivity index (χ1) is 6.25. The van der Waals surface area contributed by atoms with Crippen LogP contribution < -0.4 is 0 Å². The van der Waals surface area contributed by atoms with Gasteiger partial charge in [0.1, 0.15) is 0 Å². The van der Waals surface area contributed by atoms with E-state index in [2.05, 4.69) is 22.3 Å². The number of rotatable bonds is 1. The first-order valence-corrected chi connectivity index (χ1v) is 5.91. The van der Waals surface area contributed by atoms with E-state index < -0.39 is 0 Å². The second-order valence-corrected chi connectivity index (χ2v) is 5.25. The Kier molecular flexibility index (Phi) is 2.81. The summed E-state index contributed by atoms with van der Waals surface area (Å²) in [5, 5.41) is 2.17. The molecule has 1 aromatic heterocycles. The molecular weight excluding hydrogens is 200 g/mol. The Balaban J connectivity index is 2.12. The number of piperidine rings is 1. The van der Waals surface area contributed by atoms with Crippen molar-refractivity contribution in [2.75, 3.05) is 20.1 Å². The van der Waals surface area contributed by atoms with Crippen molar-refractivity contribution in [2.24, 2.45) is 0 Å². The second-order valence-electron chi connectivity index (χ2n) is 3.70. The van der Waals surface area contributed by atoms with E-state index in [1.54, 1.807) is 11.3 Å². The van der Waals surface area contributed by atoms with Crippen molar-refractivity contribution in [1.29, 1.82) is 0 Å². The fourth-order valence-corrected chi connectivity index (χ4v) is 2.84. The number of nitrogens with zero attached hydrogens (tertiary/aromatic N) is 1. The van der Waals surface area contributed by atoms with E-state index in [-0.39, 0.29) is 0 Å². The molecular formula is C9H14N2S2. The zero-order valence-corrected chi connectivity index (χ0v) is 9.38. The summed E-state index contributed by atoms with van der Waals surface area (Å²) in [4.78, 5) is 5.66. The lowest BCUT2D eigenvalue weighted by Crippen LogP contribution is -2.30. The minimum Gasteiger partial charge on any atom is -0.341 e. The molecule has 0 saturated carbocycles. The highest BCUT2D eigenvalue weighted by Gasteiger charge is 2.19. The third-order valence-corrected chi connectivity index (χ3v) is 3.68. The SMILES string of the molecule is CN1CCCC(c2csc(=S)[nH]2)C1. The van der Waals surface area contributed by atoms with Crippen molar-refractivity contribution in [2.45, 2.75) is 18.8 Å². The van der Waals surface area contributed by atoms with Gasteiger partial charge in [0, 0.05) is 23.5 Å². The van der Waals surface area contributed by atoms with Crippen molar-refractivity contribution in [3.05, 3.63) is 15.0 Å². The quantitative estimate of drug-likeness (QED) is 0.725. The van der Waals surface area contributed by atoms with E-state index in [4.69, 9.17) is 12.2 Å². The van der Waals surface area contributed by atoms with Crippen LogP contribution in [0.2, 0.25) is 0 Å². The molecule has 72 valence electrons. The number of hydrogen-bond donors (Lipinski definition) is 1. The first kappa shape index (κ1) is 9.37. The van der Waals surface area contributed by atoms with E-state index in [1.807, 2.05) is 0 Å². The number of aromatic amines is 1. The van der Waals surface area contributed by atoms with Crippen LogP contribution in [-0.4, -0.2) is 30.0 Å². The van der Waals surface area contributed by atoms with Crippen molar-refractivity contribution >= 4 is 23.6 Å². The largest absolute Gasteiger partial charge is 0.341 e. The maximum absolute atomic E-state index is 5.08. The molecule has 0 radical (unpaired) electrons. The van der Waals surface area contributed by atoms with Crippen LogP contribution in [0.3, 0.4) is 0 Å². The van der Waals surface area contributed by atoms with Crippen molar-refractivity contribution in [3.8, 4) is 0 Å². The van der Waals surface area contributed by atoms with Crippen molar-refractivity contribution in [1.82, 2.24) is 9.88 Å². The molecule has 1 aromatic rings. The Morgan fingerprint density at radius 1 is 1.69 bits per heavy atom. The molecule has 1 aliphatic heterocycles. The summed E-state index contributed by atoms with van der Waals surface area (Å²) in [5.41, 5.74) is 1.33. The summed E-state index contributed by atoms with van der Waals surface area (Å²) in [6.45, 7) is 2.41. The highest BCUT2D eigenvalue weighted by Crippen LogP contribution is 2.26. The average molecular weight is 214 g/mol. The third kappa shape index (κ3) is 2.18. The van der Waals surface area contributed by atoms with E-state index in [9.17, 15) is 0 Å². The van der Waals surface area contributed by atoms with Crippen molar-refractivity contribution in [3.63, 3.8) is 0 Å². The molecule has 1 aliphatic rings. The lowest BCUT2D eigenvalue weighted by Gasteiger charge is -2.28. The van der Waals surface area contributed by atoms with Crippen LogP contribution in [0, 0.1) is 3.95 Å². The molecule has 1 atom stereocenters. The van der Waals surface area contributed by atoms with Gasteiger partial charge in [-0.1, -0.05) is 0 Å². The fraction of sp³-hybridized carbons (Fsp3) is 0.667. The summed E-state index contributed by atoms with van der Waals surface area (Å²) >= 11 is 6.72.